The third-order valence-corrected chi connectivity index (χ3v) is 9.18. The van der Waals surface area contributed by atoms with Gasteiger partial charge in [-0.05, 0) is 87.4 Å². The van der Waals surface area contributed by atoms with E-state index >= 15 is 0 Å². The second-order valence-electron chi connectivity index (χ2n) is 11.7. The fourth-order valence-electron chi connectivity index (χ4n) is 6.79. The van der Waals surface area contributed by atoms with Crippen molar-refractivity contribution in [2.75, 3.05) is 13.7 Å². The van der Waals surface area contributed by atoms with Gasteiger partial charge in [0, 0.05) is 39.8 Å². The largest absolute Gasteiger partial charge is 0.386 e. The van der Waals surface area contributed by atoms with Crippen LogP contribution in [-0.4, -0.2) is 51.4 Å². The highest BCUT2D eigenvalue weighted by Crippen LogP contribution is 2.41. The van der Waals surface area contributed by atoms with Crippen molar-refractivity contribution in [3.05, 3.63) is 68.8 Å². The van der Waals surface area contributed by atoms with Crippen LogP contribution in [0.25, 0.3) is 33.2 Å². The van der Waals surface area contributed by atoms with Crippen LogP contribution in [0.3, 0.4) is 0 Å². The van der Waals surface area contributed by atoms with Crippen LogP contribution >= 0.6 is 0 Å². The van der Waals surface area contributed by atoms with Gasteiger partial charge < -0.3 is 14.7 Å². The first-order valence-corrected chi connectivity index (χ1v) is 15.0. The van der Waals surface area contributed by atoms with Crippen LogP contribution in [0.1, 0.15) is 124 Å². The van der Waals surface area contributed by atoms with E-state index in [0.29, 0.717) is 64.1 Å². The summed E-state index contributed by atoms with van der Waals surface area (Å²) in [4.78, 5) is 66.2. The molecule has 0 aliphatic carbocycles. The number of aryl methyl sites for hydroxylation is 2. The highest BCUT2D eigenvalue weighted by molar-refractivity contribution is 6.19. The Balaban J connectivity index is 1.78. The number of carbonyl (C=O) groups is 3. The smallest absolute Gasteiger partial charge is 0.350 e. The number of ketones is 1. The summed E-state index contributed by atoms with van der Waals surface area (Å²) in [6, 6.07) is 5.85. The minimum atomic E-state index is -0.754. The lowest BCUT2D eigenvalue weighted by atomic mass is 9.89. The van der Waals surface area contributed by atoms with Gasteiger partial charge in [0.15, 0.2) is 5.78 Å². The zero-order valence-electron chi connectivity index (χ0n) is 26.1. The van der Waals surface area contributed by atoms with E-state index in [2.05, 4.69) is 23.8 Å². The van der Waals surface area contributed by atoms with Gasteiger partial charge in [-0.2, -0.15) is 0 Å². The minimum absolute atomic E-state index is 0.0461. The van der Waals surface area contributed by atoms with Gasteiger partial charge in [-0.25, -0.2) is 24.3 Å². The maximum absolute atomic E-state index is 13.5. The number of fused-ring (bicyclic) bond motifs is 8. The molecule has 3 aromatic heterocycles. The standard InChI is InChI=1S/C34H36N4O6/c1-8-20-15(2)22-14-27-28(19(6)39)17(4)24(36-27)12-23-16(3)21(10-9-11-43-42-7)31(37-23)30-32-29(33(40)44-34(30)41)18(5)25(38-32)13-26(20)35-22/h12-15,20,36,38H,8-11H2,1-7H3/t15-,20-/m1/s1. The maximum Gasteiger partial charge on any atom is 0.350 e. The Labute approximate surface area is 254 Å². The molecule has 6 heterocycles. The van der Waals surface area contributed by atoms with Crippen LogP contribution in [0, 0.1) is 13.8 Å². The lowest BCUT2D eigenvalue weighted by Gasteiger charge is -2.13. The van der Waals surface area contributed by atoms with Crippen LogP contribution in [0.5, 0.6) is 0 Å². The number of rotatable bonds is 7. The Morgan fingerprint density at radius 1 is 0.955 bits per heavy atom. The van der Waals surface area contributed by atoms with Crippen molar-refractivity contribution in [1.82, 2.24) is 19.9 Å². The monoisotopic (exact) mass is 596 g/mol. The predicted molar refractivity (Wildman–Crippen MR) is 166 cm³/mol. The second-order valence-corrected chi connectivity index (χ2v) is 11.7. The fraction of sp³-hybridized carbons (Fsp3) is 0.382. The lowest BCUT2D eigenvalue weighted by molar-refractivity contribution is -0.272. The predicted octanol–water partition coefficient (Wildman–Crippen LogP) is 7.03. The first kappa shape index (κ1) is 29.7. The molecule has 228 valence electrons. The summed E-state index contributed by atoms with van der Waals surface area (Å²) in [6.07, 6.45) is 1.99. The number of hydrogen-bond acceptors (Lipinski definition) is 8. The van der Waals surface area contributed by atoms with E-state index in [9.17, 15) is 14.4 Å². The number of esters is 2. The van der Waals surface area contributed by atoms with Crippen molar-refractivity contribution in [1.29, 1.82) is 0 Å². The zero-order valence-corrected chi connectivity index (χ0v) is 26.1. The number of Topliss-reactive ketones (excluding diaryl/α,β-unsaturated/α-hetero) is 1. The Morgan fingerprint density at radius 3 is 2.36 bits per heavy atom. The molecule has 0 saturated heterocycles. The summed E-state index contributed by atoms with van der Waals surface area (Å²) in [6.45, 7) is 11.9. The van der Waals surface area contributed by atoms with Crippen LogP contribution < -0.4 is 0 Å². The molecule has 3 aliphatic heterocycles. The van der Waals surface area contributed by atoms with Gasteiger partial charge in [-0.3, -0.25) is 9.78 Å². The Kier molecular flexibility index (Phi) is 7.59. The molecule has 0 amide bonds. The molecule has 0 saturated carbocycles. The highest BCUT2D eigenvalue weighted by atomic mass is 17.2. The second kappa shape index (κ2) is 11.3. The molecule has 0 spiro atoms. The van der Waals surface area contributed by atoms with E-state index in [-0.39, 0.29) is 23.2 Å². The number of ether oxygens (including phenoxy) is 1. The van der Waals surface area contributed by atoms with Gasteiger partial charge in [0.25, 0.3) is 0 Å². The molecule has 6 rings (SSSR count). The van der Waals surface area contributed by atoms with E-state index < -0.39 is 11.9 Å². The number of carbonyl (C=O) groups excluding carboxylic acids is 3. The maximum atomic E-state index is 13.5. The molecule has 2 N–H and O–H groups in total. The Morgan fingerprint density at radius 2 is 1.66 bits per heavy atom. The van der Waals surface area contributed by atoms with Crippen LogP contribution in [0.15, 0.2) is 18.2 Å². The Bertz CT molecular complexity index is 1950. The molecule has 0 unspecified atom stereocenters. The average molecular weight is 597 g/mol. The molecular weight excluding hydrogens is 560 g/mol. The van der Waals surface area contributed by atoms with E-state index in [0.717, 1.165) is 40.0 Å². The number of hydrogen-bond donors (Lipinski definition) is 2. The highest BCUT2D eigenvalue weighted by Gasteiger charge is 2.35. The molecule has 0 fully saturated rings. The number of nitrogens with zero attached hydrogens (tertiary/aromatic N) is 2. The van der Waals surface area contributed by atoms with Gasteiger partial charge in [-0.15, -0.1) is 0 Å². The summed E-state index contributed by atoms with van der Waals surface area (Å²) < 4.78 is 5.32. The quantitative estimate of drug-likeness (QED) is 0.0741. The summed E-state index contributed by atoms with van der Waals surface area (Å²) in [5.74, 6) is -1.27. The summed E-state index contributed by atoms with van der Waals surface area (Å²) in [5.41, 5.74) is 9.69. The molecule has 8 bridgehead atoms. The molecule has 3 aromatic rings. The van der Waals surface area contributed by atoms with Crippen molar-refractivity contribution >= 4 is 50.9 Å². The number of nitrogens with one attached hydrogen (secondary N) is 2. The van der Waals surface area contributed by atoms with E-state index in [1.54, 1.807) is 6.92 Å². The summed E-state index contributed by atoms with van der Waals surface area (Å²) >= 11 is 0. The summed E-state index contributed by atoms with van der Waals surface area (Å²) in [7, 11) is 1.46. The van der Waals surface area contributed by atoms with Gasteiger partial charge in [-0.1, -0.05) is 13.8 Å². The van der Waals surface area contributed by atoms with Gasteiger partial charge in [0.2, 0.25) is 0 Å². The van der Waals surface area contributed by atoms with Crippen molar-refractivity contribution in [3.8, 4) is 0 Å². The van der Waals surface area contributed by atoms with Gasteiger partial charge in [0.1, 0.15) is 5.56 Å². The van der Waals surface area contributed by atoms with Gasteiger partial charge >= 0.3 is 11.9 Å². The van der Waals surface area contributed by atoms with Crippen LogP contribution in [0.4, 0.5) is 0 Å². The lowest BCUT2D eigenvalue weighted by Crippen LogP contribution is -2.20. The number of H-pyrrole nitrogens is 2. The fourth-order valence-corrected chi connectivity index (χ4v) is 6.79. The minimum Gasteiger partial charge on any atom is -0.386 e. The van der Waals surface area contributed by atoms with E-state index in [1.807, 2.05) is 39.0 Å². The van der Waals surface area contributed by atoms with Gasteiger partial charge in [0.05, 0.1) is 41.7 Å². The molecule has 2 atom stereocenters. The first-order valence-electron chi connectivity index (χ1n) is 15.0. The van der Waals surface area contributed by atoms with Crippen LogP contribution in [0.2, 0.25) is 0 Å². The van der Waals surface area contributed by atoms with E-state index in [1.165, 1.54) is 7.11 Å². The molecule has 10 nitrogen and oxygen atoms in total. The third-order valence-electron chi connectivity index (χ3n) is 9.18. The summed E-state index contributed by atoms with van der Waals surface area (Å²) in [5, 5.41) is 0. The molecule has 44 heavy (non-hydrogen) atoms. The first-order chi connectivity index (χ1) is 21.0. The normalized spacial score (nSPS) is 17.8. The molecule has 0 aromatic carbocycles. The topological polar surface area (TPSA) is 136 Å². The van der Waals surface area contributed by atoms with Crippen molar-refractivity contribution in [3.63, 3.8) is 0 Å². The number of aromatic amines is 2. The molecular formula is C34H36N4O6. The SMILES string of the molecule is CC[C@H]1c2cc3[nH]c4c(c5nc(cc6[nH]c(cc(n2)[C@@H]1C)c(C(C)=O)c6C)C(C)=C5CCCOOC)C(=O)OC(=O)c4c3C. The van der Waals surface area contributed by atoms with Crippen LogP contribution in [-0.2, 0) is 14.5 Å². The van der Waals surface area contributed by atoms with Crippen molar-refractivity contribution < 1.29 is 28.9 Å². The molecule has 0 radical (unpaired) electrons. The van der Waals surface area contributed by atoms with Crippen molar-refractivity contribution in [2.45, 2.75) is 72.6 Å². The number of allylic oxidation sites excluding steroid dienone is 2. The van der Waals surface area contributed by atoms with Crippen molar-refractivity contribution in [2.24, 2.45) is 0 Å². The third kappa shape index (κ3) is 4.69. The molecule has 3 aliphatic rings. The molecule has 10 heteroatoms. The number of aromatic nitrogens is 4. The average Bonchev–Trinajstić information content (AvgIpc) is 3.65. The zero-order chi connectivity index (χ0) is 31.4. The number of cyclic esters (lactones) is 2. The Hall–Kier alpha value is -4.41. The van der Waals surface area contributed by atoms with E-state index in [4.69, 9.17) is 24.5 Å².